The van der Waals surface area contributed by atoms with E-state index in [0.29, 0.717) is 11.5 Å². The van der Waals surface area contributed by atoms with Gasteiger partial charge in [-0.15, -0.1) is 0 Å². The number of hydrogen-bond acceptors (Lipinski definition) is 4. The molecule has 1 fully saturated rings. The van der Waals surface area contributed by atoms with Crippen molar-refractivity contribution in [3.8, 4) is 11.5 Å². The normalized spacial score (nSPS) is 27.7. The molecule has 0 bridgehead atoms. The molecule has 1 aromatic rings. The Morgan fingerprint density at radius 3 is 2.65 bits per heavy atom. The average molecular weight is 318 g/mol. The van der Waals surface area contributed by atoms with Crippen molar-refractivity contribution in [3.05, 3.63) is 23.3 Å². The van der Waals surface area contributed by atoms with Crippen LogP contribution in [0.2, 0.25) is 0 Å². The molecule has 128 valence electrons. The second kappa shape index (κ2) is 6.70. The zero-order chi connectivity index (χ0) is 16.4. The summed E-state index contributed by atoms with van der Waals surface area (Å²) in [5.41, 5.74) is 3.26. The van der Waals surface area contributed by atoms with Crippen molar-refractivity contribution in [1.82, 2.24) is 10.2 Å². The van der Waals surface area contributed by atoms with Crippen molar-refractivity contribution in [1.29, 1.82) is 0 Å². The van der Waals surface area contributed by atoms with E-state index in [0.717, 1.165) is 24.5 Å². The zero-order valence-corrected chi connectivity index (χ0v) is 14.9. The highest BCUT2D eigenvalue weighted by atomic mass is 16.5. The minimum atomic E-state index is 0.432. The summed E-state index contributed by atoms with van der Waals surface area (Å²) >= 11 is 0. The van der Waals surface area contributed by atoms with Gasteiger partial charge < -0.3 is 19.7 Å². The van der Waals surface area contributed by atoms with Crippen LogP contribution >= 0.6 is 0 Å². The lowest BCUT2D eigenvalue weighted by molar-refractivity contribution is 0.266. The van der Waals surface area contributed by atoms with E-state index in [1.54, 1.807) is 14.2 Å². The molecule has 2 aliphatic heterocycles. The first-order chi connectivity index (χ1) is 11.0. The fraction of sp³-hybridized carbons (Fsp3) is 0.684. The monoisotopic (exact) mass is 318 g/mol. The molecule has 4 heteroatoms. The second-order valence-electron chi connectivity index (χ2n) is 7.50. The Balaban J connectivity index is 1.76. The maximum Gasteiger partial charge on any atom is 0.161 e. The summed E-state index contributed by atoms with van der Waals surface area (Å²) in [6, 6.07) is 4.77. The van der Waals surface area contributed by atoms with Gasteiger partial charge in [0.1, 0.15) is 0 Å². The van der Waals surface area contributed by atoms with Gasteiger partial charge in [0, 0.05) is 12.6 Å². The molecule has 2 heterocycles. The molecule has 0 aliphatic carbocycles. The van der Waals surface area contributed by atoms with Gasteiger partial charge in [-0.1, -0.05) is 6.92 Å². The maximum atomic E-state index is 5.50. The largest absolute Gasteiger partial charge is 0.493 e. The topological polar surface area (TPSA) is 33.7 Å². The summed E-state index contributed by atoms with van der Waals surface area (Å²) in [7, 11) is 5.65. The number of benzene rings is 1. The first-order valence-corrected chi connectivity index (χ1v) is 8.71. The van der Waals surface area contributed by atoms with Crippen LogP contribution in [0, 0.1) is 5.41 Å². The summed E-state index contributed by atoms with van der Waals surface area (Å²) in [4.78, 5) is 2.45. The first kappa shape index (κ1) is 16.6. The van der Waals surface area contributed by atoms with E-state index in [1.165, 1.54) is 43.5 Å². The van der Waals surface area contributed by atoms with Crippen molar-refractivity contribution in [2.45, 2.75) is 38.6 Å². The molecule has 23 heavy (non-hydrogen) atoms. The van der Waals surface area contributed by atoms with Crippen LogP contribution in [0.15, 0.2) is 12.1 Å². The van der Waals surface area contributed by atoms with E-state index < -0.39 is 0 Å². The van der Waals surface area contributed by atoms with E-state index in [1.807, 2.05) is 0 Å². The van der Waals surface area contributed by atoms with E-state index >= 15 is 0 Å². The van der Waals surface area contributed by atoms with Crippen molar-refractivity contribution in [2.24, 2.45) is 5.41 Å². The highest BCUT2D eigenvalue weighted by molar-refractivity contribution is 5.49. The van der Waals surface area contributed by atoms with Crippen LogP contribution in [0.1, 0.15) is 43.4 Å². The number of ether oxygens (including phenoxy) is 2. The van der Waals surface area contributed by atoms with Gasteiger partial charge in [-0.05, 0) is 74.5 Å². The van der Waals surface area contributed by atoms with Crippen LogP contribution in [-0.4, -0.2) is 45.8 Å². The molecular weight excluding hydrogens is 288 g/mol. The highest BCUT2D eigenvalue weighted by Gasteiger charge is 2.33. The SMILES string of the molecule is COc1cc2c(cc1OC)C(CCC1(C)CCN(C)C1)NCC2. The van der Waals surface area contributed by atoms with Crippen LogP contribution in [0.5, 0.6) is 11.5 Å². The molecule has 2 atom stereocenters. The van der Waals surface area contributed by atoms with Gasteiger partial charge in [-0.25, -0.2) is 0 Å². The predicted molar refractivity (Wildman–Crippen MR) is 93.4 cm³/mol. The number of methoxy groups -OCH3 is 2. The molecule has 0 amide bonds. The fourth-order valence-electron chi connectivity index (χ4n) is 4.19. The molecule has 1 N–H and O–H groups in total. The van der Waals surface area contributed by atoms with Crippen LogP contribution in [0.25, 0.3) is 0 Å². The standard InChI is InChI=1S/C19H30N2O2/c1-19(8-10-21(2)13-19)7-5-16-15-12-18(23-4)17(22-3)11-14(15)6-9-20-16/h11-12,16,20H,5-10,13H2,1-4H3. The van der Waals surface area contributed by atoms with Gasteiger partial charge in [-0.3, -0.25) is 0 Å². The van der Waals surface area contributed by atoms with Gasteiger partial charge in [-0.2, -0.15) is 0 Å². The summed E-state index contributed by atoms with van der Waals surface area (Å²) in [6.07, 6.45) is 4.83. The molecule has 1 aromatic carbocycles. The lowest BCUT2D eigenvalue weighted by Gasteiger charge is -2.31. The smallest absolute Gasteiger partial charge is 0.161 e. The highest BCUT2D eigenvalue weighted by Crippen LogP contribution is 2.40. The minimum Gasteiger partial charge on any atom is -0.493 e. The Hall–Kier alpha value is -1.26. The Kier molecular flexibility index (Phi) is 4.83. The van der Waals surface area contributed by atoms with E-state index in [9.17, 15) is 0 Å². The van der Waals surface area contributed by atoms with Crippen molar-refractivity contribution >= 4 is 0 Å². The van der Waals surface area contributed by atoms with Crippen LogP contribution in [-0.2, 0) is 6.42 Å². The lowest BCUT2D eigenvalue weighted by atomic mass is 9.81. The number of rotatable bonds is 5. The number of nitrogens with one attached hydrogen (secondary N) is 1. The minimum absolute atomic E-state index is 0.432. The molecule has 0 radical (unpaired) electrons. The summed E-state index contributed by atoms with van der Waals surface area (Å²) in [5, 5.41) is 3.71. The molecule has 2 aliphatic rings. The third-order valence-corrected chi connectivity index (χ3v) is 5.59. The Morgan fingerprint density at radius 1 is 1.26 bits per heavy atom. The van der Waals surface area contributed by atoms with Crippen LogP contribution in [0.4, 0.5) is 0 Å². The fourth-order valence-corrected chi connectivity index (χ4v) is 4.19. The maximum absolute atomic E-state index is 5.50. The quantitative estimate of drug-likeness (QED) is 0.905. The van der Waals surface area contributed by atoms with Crippen LogP contribution < -0.4 is 14.8 Å². The van der Waals surface area contributed by atoms with E-state index in [-0.39, 0.29) is 0 Å². The average Bonchev–Trinajstić information content (AvgIpc) is 2.91. The van der Waals surface area contributed by atoms with Crippen molar-refractivity contribution < 1.29 is 9.47 Å². The molecular formula is C19H30N2O2. The van der Waals surface area contributed by atoms with E-state index in [2.05, 4.69) is 36.3 Å². The number of nitrogens with zero attached hydrogens (tertiary/aromatic N) is 1. The number of likely N-dealkylation sites (tertiary alicyclic amines) is 1. The van der Waals surface area contributed by atoms with Gasteiger partial charge in [0.25, 0.3) is 0 Å². The molecule has 4 nitrogen and oxygen atoms in total. The van der Waals surface area contributed by atoms with Gasteiger partial charge in [0.15, 0.2) is 11.5 Å². The third-order valence-electron chi connectivity index (χ3n) is 5.59. The van der Waals surface area contributed by atoms with Gasteiger partial charge >= 0.3 is 0 Å². The van der Waals surface area contributed by atoms with Crippen molar-refractivity contribution in [2.75, 3.05) is 40.9 Å². The Labute approximate surface area is 140 Å². The van der Waals surface area contributed by atoms with Crippen LogP contribution in [0.3, 0.4) is 0 Å². The molecule has 0 aromatic heterocycles. The van der Waals surface area contributed by atoms with Gasteiger partial charge in [0.05, 0.1) is 14.2 Å². The van der Waals surface area contributed by atoms with Gasteiger partial charge in [0.2, 0.25) is 0 Å². The van der Waals surface area contributed by atoms with E-state index in [4.69, 9.17) is 9.47 Å². The predicted octanol–water partition coefficient (Wildman–Crippen LogP) is 3.01. The molecule has 2 unspecified atom stereocenters. The number of fused-ring (bicyclic) bond motifs is 1. The molecule has 3 rings (SSSR count). The van der Waals surface area contributed by atoms with Crippen molar-refractivity contribution in [3.63, 3.8) is 0 Å². The number of hydrogen-bond donors (Lipinski definition) is 1. The molecule has 1 saturated heterocycles. The summed E-state index contributed by atoms with van der Waals surface area (Å²) in [5.74, 6) is 1.68. The molecule has 0 saturated carbocycles. The first-order valence-electron chi connectivity index (χ1n) is 8.71. The lowest BCUT2D eigenvalue weighted by Crippen LogP contribution is -2.31. The Bertz CT molecular complexity index is 561. The third kappa shape index (κ3) is 3.48. The molecule has 0 spiro atoms. The second-order valence-corrected chi connectivity index (χ2v) is 7.50. The summed E-state index contributed by atoms with van der Waals surface area (Å²) < 4.78 is 11.0. The zero-order valence-electron chi connectivity index (χ0n) is 14.9. The Morgan fingerprint density at radius 2 is 2.00 bits per heavy atom. The summed E-state index contributed by atoms with van der Waals surface area (Å²) in [6.45, 7) is 5.94.